The lowest BCUT2D eigenvalue weighted by Gasteiger charge is -2.35. The third-order valence-corrected chi connectivity index (χ3v) is 5.81. The normalized spacial score (nSPS) is 17.3. The monoisotopic (exact) mass is 385 g/mol. The van der Waals surface area contributed by atoms with Crippen molar-refractivity contribution in [1.29, 1.82) is 0 Å². The van der Waals surface area contributed by atoms with E-state index in [0.29, 0.717) is 18.0 Å². The van der Waals surface area contributed by atoms with Crippen LogP contribution in [0.4, 0.5) is 0 Å². The van der Waals surface area contributed by atoms with Crippen molar-refractivity contribution in [2.75, 3.05) is 33.9 Å². The molecule has 1 aliphatic heterocycles. The fourth-order valence-corrected chi connectivity index (χ4v) is 4.37. The Morgan fingerprint density at radius 1 is 1.08 bits per heavy atom. The molecule has 0 amide bonds. The number of rotatable bonds is 9. The van der Waals surface area contributed by atoms with Gasteiger partial charge in [-0.25, -0.2) is 4.72 Å². The van der Waals surface area contributed by atoms with Gasteiger partial charge in [0.25, 0.3) is 10.2 Å². The molecule has 0 aliphatic carbocycles. The van der Waals surface area contributed by atoms with E-state index in [1.807, 2.05) is 18.2 Å². The van der Waals surface area contributed by atoms with Crippen LogP contribution in [0.3, 0.4) is 0 Å². The van der Waals surface area contributed by atoms with Gasteiger partial charge in [-0.3, -0.25) is 4.90 Å². The van der Waals surface area contributed by atoms with Crippen LogP contribution in [0.5, 0.6) is 11.5 Å². The molecule has 0 spiro atoms. The Labute approximate surface area is 157 Å². The van der Waals surface area contributed by atoms with Crippen LogP contribution in [0.25, 0.3) is 0 Å². The minimum absolute atomic E-state index is 0.0566. The summed E-state index contributed by atoms with van der Waals surface area (Å²) < 4.78 is 40.4. The molecular formula is C18H31N3O4S. The summed E-state index contributed by atoms with van der Waals surface area (Å²) in [6, 6.07) is 5.57. The average Bonchev–Trinajstić information content (AvgIpc) is 2.61. The van der Waals surface area contributed by atoms with Crippen LogP contribution in [-0.2, 0) is 10.2 Å². The van der Waals surface area contributed by atoms with Crippen LogP contribution in [0.2, 0.25) is 0 Å². The molecule has 148 valence electrons. The van der Waals surface area contributed by atoms with Gasteiger partial charge in [0.1, 0.15) is 0 Å². The summed E-state index contributed by atoms with van der Waals surface area (Å²) in [6.07, 6.45) is 3.47. The first-order chi connectivity index (χ1) is 12.4. The number of piperidine rings is 1. The quantitative estimate of drug-likeness (QED) is 0.680. The smallest absolute Gasteiger partial charge is 0.277 e. The number of nitrogens with one attached hydrogen (secondary N) is 2. The zero-order chi connectivity index (χ0) is 19.2. The van der Waals surface area contributed by atoms with Gasteiger partial charge >= 0.3 is 0 Å². The lowest BCUT2D eigenvalue weighted by atomic mass is 10.0. The molecule has 1 aromatic rings. The molecule has 0 saturated carbocycles. The van der Waals surface area contributed by atoms with Crippen LogP contribution < -0.4 is 18.9 Å². The first-order valence-corrected chi connectivity index (χ1v) is 10.6. The van der Waals surface area contributed by atoms with Crippen molar-refractivity contribution >= 4 is 10.2 Å². The van der Waals surface area contributed by atoms with Crippen molar-refractivity contribution in [3.8, 4) is 11.5 Å². The Hall–Kier alpha value is -1.35. The zero-order valence-electron chi connectivity index (χ0n) is 16.1. The summed E-state index contributed by atoms with van der Waals surface area (Å²) in [5.74, 6) is 1.31. The number of benzene rings is 1. The summed E-state index contributed by atoms with van der Waals surface area (Å²) in [6.45, 7) is 5.82. The number of ether oxygens (including phenoxy) is 2. The topological polar surface area (TPSA) is 79.9 Å². The molecule has 1 fully saturated rings. The first-order valence-electron chi connectivity index (χ1n) is 9.09. The van der Waals surface area contributed by atoms with Gasteiger partial charge in [0.2, 0.25) is 0 Å². The molecule has 1 saturated heterocycles. The van der Waals surface area contributed by atoms with Gasteiger partial charge in [0, 0.05) is 18.6 Å². The fraction of sp³-hybridized carbons (Fsp3) is 0.667. The molecule has 26 heavy (non-hydrogen) atoms. The molecule has 1 heterocycles. The predicted molar refractivity (Wildman–Crippen MR) is 103 cm³/mol. The van der Waals surface area contributed by atoms with Crippen molar-refractivity contribution in [3.05, 3.63) is 23.8 Å². The van der Waals surface area contributed by atoms with E-state index in [9.17, 15) is 8.42 Å². The Balaban J connectivity index is 2.23. The van der Waals surface area contributed by atoms with Crippen LogP contribution in [0, 0.1) is 0 Å². The van der Waals surface area contributed by atoms with Gasteiger partial charge in [0.05, 0.1) is 14.2 Å². The minimum atomic E-state index is -3.53. The second-order valence-electron chi connectivity index (χ2n) is 6.85. The van der Waals surface area contributed by atoms with Crippen molar-refractivity contribution in [1.82, 2.24) is 14.3 Å². The lowest BCUT2D eigenvalue weighted by molar-refractivity contribution is 0.164. The Morgan fingerprint density at radius 2 is 1.73 bits per heavy atom. The standard InChI is InChI=1S/C18H31N3O4S/c1-14(2)20-26(22,23)19-13-16(21-10-6-5-7-11-21)15-8-9-17(24-3)18(12-15)25-4/h8-9,12,14,16,19-20H,5-7,10-11,13H2,1-4H3. The van der Waals surface area contributed by atoms with Gasteiger partial charge in [-0.2, -0.15) is 13.1 Å². The molecular weight excluding hydrogens is 354 g/mol. The highest BCUT2D eigenvalue weighted by molar-refractivity contribution is 7.87. The fourth-order valence-electron chi connectivity index (χ4n) is 3.29. The summed E-state index contributed by atoms with van der Waals surface area (Å²) in [5, 5.41) is 0. The average molecular weight is 386 g/mol. The number of likely N-dealkylation sites (tertiary alicyclic amines) is 1. The molecule has 0 radical (unpaired) electrons. The number of nitrogens with zero attached hydrogens (tertiary/aromatic N) is 1. The molecule has 2 rings (SSSR count). The highest BCUT2D eigenvalue weighted by Gasteiger charge is 2.25. The second-order valence-corrected chi connectivity index (χ2v) is 8.38. The number of hydrogen-bond donors (Lipinski definition) is 2. The van der Waals surface area contributed by atoms with Gasteiger partial charge in [-0.1, -0.05) is 12.5 Å². The van der Waals surface area contributed by atoms with Crippen LogP contribution in [-0.4, -0.2) is 53.2 Å². The van der Waals surface area contributed by atoms with Crippen LogP contribution >= 0.6 is 0 Å². The Morgan fingerprint density at radius 3 is 2.31 bits per heavy atom. The van der Waals surface area contributed by atoms with Crippen molar-refractivity contribution in [2.24, 2.45) is 0 Å². The van der Waals surface area contributed by atoms with E-state index >= 15 is 0 Å². The van der Waals surface area contributed by atoms with E-state index in [0.717, 1.165) is 31.5 Å². The molecule has 7 nitrogen and oxygen atoms in total. The summed E-state index contributed by atoms with van der Waals surface area (Å²) in [7, 11) is -0.327. The van der Waals surface area contributed by atoms with E-state index in [4.69, 9.17) is 9.47 Å². The van der Waals surface area contributed by atoms with E-state index in [1.165, 1.54) is 6.42 Å². The van der Waals surface area contributed by atoms with Gasteiger partial charge in [0.15, 0.2) is 11.5 Å². The van der Waals surface area contributed by atoms with Crippen molar-refractivity contribution < 1.29 is 17.9 Å². The molecule has 1 aliphatic rings. The van der Waals surface area contributed by atoms with E-state index < -0.39 is 10.2 Å². The minimum Gasteiger partial charge on any atom is -0.493 e. The maximum Gasteiger partial charge on any atom is 0.277 e. The number of methoxy groups -OCH3 is 2. The lowest BCUT2D eigenvalue weighted by Crippen LogP contribution is -2.45. The third-order valence-electron chi connectivity index (χ3n) is 4.48. The first kappa shape index (κ1) is 21.0. The van der Waals surface area contributed by atoms with Gasteiger partial charge in [-0.05, 0) is 57.5 Å². The Bertz CT molecular complexity index is 673. The largest absolute Gasteiger partial charge is 0.493 e. The molecule has 1 unspecified atom stereocenters. The predicted octanol–water partition coefficient (Wildman–Crippen LogP) is 2.06. The van der Waals surface area contributed by atoms with E-state index in [-0.39, 0.29) is 12.1 Å². The summed E-state index contributed by atoms with van der Waals surface area (Å²) in [5.41, 5.74) is 1.01. The summed E-state index contributed by atoms with van der Waals surface area (Å²) in [4.78, 5) is 2.34. The SMILES string of the molecule is COc1ccc(C(CNS(=O)(=O)NC(C)C)N2CCCCC2)cc1OC. The van der Waals surface area contributed by atoms with Gasteiger partial charge < -0.3 is 9.47 Å². The third kappa shape index (κ3) is 5.84. The molecule has 2 N–H and O–H groups in total. The summed E-state index contributed by atoms with van der Waals surface area (Å²) >= 11 is 0. The maximum absolute atomic E-state index is 12.2. The Kier molecular flexibility index (Phi) is 7.69. The second kappa shape index (κ2) is 9.55. The van der Waals surface area contributed by atoms with Crippen molar-refractivity contribution in [3.63, 3.8) is 0 Å². The zero-order valence-corrected chi connectivity index (χ0v) is 16.9. The van der Waals surface area contributed by atoms with Crippen molar-refractivity contribution in [2.45, 2.75) is 45.2 Å². The highest BCUT2D eigenvalue weighted by atomic mass is 32.2. The van der Waals surface area contributed by atoms with Gasteiger partial charge in [-0.15, -0.1) is 0 Å². The van der Waals surface area contributed by atoms with Crippen LogP contribution in [0.1, 0.15) is 44.7 Å². The molecule has 1 atom stereocenters. The highest BCUT2D eigenvalue weighted by Crippen LogP contribution is 2.32. The van der Waals surface area contributed by atoms with E-state index in [2.05, 4.69) is 14.3 Å². The molecule has 0 aromatic heterocycles. The van der Waals surface area contributed by atoms with E-state index in [1.54, 1.807) is 28.1 Å². The molecule has 1 aromatic carbocycles. The number of hydrogen-bond acceptors (Lipinski definition) is 5. The maximum atomic E-state index is 12.2. The molecule has 8 heteroatoms. The van der Waals surface area contributed by atoms with Crippen LogP contribution in [0.15, 0.2) is 18.2 Å². The molecule has 0 bridgehead atoms.